The van der Waals surface area contributed by atoms with Crippen LogP contribution in [0.2, 0.25) is 0 Å². The highest BCUT2D eigenvalue weighted by Crippen LogP contribution is 2.32. The number of aromatic nitrogens is 1. The zero-order valence-corrected chi connectivity index (χ0v) is 8.56. The molecule has 0 saturated carbocycles. The number of nitrogens with zero attached hydrogens (tertiary/aromatic N) is 2. The number of nitriles is 1. The topological polar surface area (TPSA) is 71.9 Å². The number of nitrogens with two attached hydrogens (primary N) is 1. The quantitative estimate of drug-likeness (QED) is 0.801. The summed E-state index contributed by atoms with van der Waals surface area (Å²) in [4.78, 5) is 3.49. The van der Waals surface area contributed by atoms with Crippen LogP contribution in [0.5, 0.6) is 5.75 Å². The first-order valence-electron chi connectivity index (χ1n) is 3.45. The number of halogens is 4. The van der Waals surface area contributed by atoms with Crippen molar-refractivity contribution in [2.45, 2.75) is 6.36 Å². The van der Waals surface area contributed by atoms with Crippen molar-refractivity contribution < 1.29 is 17.9 Å². The Balaban J connectivity index is 3.23. The molecule has 0 spiro atoms. The van der Waals surface area contributed by atoms with Crippen molar-refractivity contribution in [1.29, 1.82) is 5.26 Å². The van der Waals surface area contributed by atoms with E-state index in [4.69, 9.17) is 11.0 Å². The highest BCUT2D eigenvalue weighted by atomic mass is 79.9. The van der Waals surface area contributed by atoms with E-state index in [1.807, 2.05) is 0 Å². The molecule has 1 heterocycles. The molecule has 0 bridgehead atoms. The van der Waals surface area contributed by atoms with E-state index >= 15 is 0 Å². The van der Waals surface area contributed by atoms with E-state index in [0.717, 1.165) is 6.07 Å². The Morgan fingerprint density at radius 1 is 1.53 bits per heavy atom. The molecule has 15 heavy (non-hydrogen) atoms. The van der Waals surface area contributed by atoms with E-state index in [1.54, 1.807) is 0 Å². The number of hydrogen-bond acceptors (Lipinski definition) is 4. The van der Waals surface area contributed by atoms with Gasteiger partial charge >= 0.3 is 6.36 Å². The predicted octanol–water partition coefficient (Wildman–Crippen LogP) is 2.20. The molecule has 0 amide bonds. The Bertz CT molecular complexity index is 427. The molecule has 0 aromatic carbocycles. The van der Waals surface area contributed by atoms with E-state index in [9.17, 15) is 13.2 Å². The number of hydrogen-bond donors (Lipinski definition) is 1. The zero-order chi connectivity index (χ0) is 11.6. The third kappa shape index (κ3) is 2.99. The minimum atomic E-state index is -4.91. The maximum absolute atomic E-state index is 11.9. The van der Waals surface area contributed by atoms with Gasteiger partial charge in [-0.1, -0.05) is 0 Å². The summed E-state index contributed by atoms with van der Waals surface area (Å²) in [7, 11) is 0. The van der Waals surface area contributed by atoms with Crippen molar-refractivity contribution >= 4 is 21.6 Å². The minimum Gasteiger partial charge on any atom is -0.400 e. The Morgan fingerprint density at radius 2 is 2.13 bits per heavy atom. The van der Waals surface area contributed by atoms with Crippen LogP contribution in [0.15, 0.2) is 10.7 Å². The number of rotatable bonds is 1. The fourth-order valence-corrected chi connectivity index (χ4v) is 1.24. The van der Waals surface area contributed by atoms with Crippen LogP contribution in [0.4, 0.5) is 18.9 Å². The van der Waals surface area contributed by atoms with Gasteiger partial charge in [0.2, 0.25) is 0 Å². The van der Waals surface area contributed by atoms with Gasteiger partial charge in [0.05, 0.1) is 5.69 Å². The predicted molar refractivity (Wildman–Crippen MR) is 47.7 cm³/mol. The average Bonchev–Trinajstić information content (AvgIpc) is 2.07. The van der Waals surface area contributed by atoms with Crippen LogP contribution < -0.4 is 10.5 Å². The van der Waals surface area contributed by atoms with Gasteiger partial charge in [0.25, 0.3) is 0 Å². The molecule has 0 aliphatic carbocycles. The van der Waals surface area contributed by atoms with Gasteiger partial charge in [-0.05, 0) is 22.0 Å². The average molecular weight is 282 g/mol. The monoisotopic (exact) mass is 281 g/mol. The molecule has 2 N–H and O–H groups in total. The van der Waals surface area contributed by atoms with Gasteiger partial charge in [-0.2, -0.15) is 5.26 Å². The van der Waals surface area contributed by atoms with Crippen LogP contribution in [0.25, 0.3) is 0 Å². The molecule has 8 heteroatoms. The Hall–Kier alpha value is -1.49. The fourth-order valence-electron chi connectivity index (χ4n) is 0.819. The minimum absolute atomic E-state index is 0.158. The lowest BCUT2D eigenvalue weighted by molar-refractivity contribution is -0.274. The SMILES string of the molecule is N#Cc1nc(Br)cc(N)c1OC(F)(F)F. The van der Waals surface area contributed by atoms with Gasteiger partial charge in [0, 0.05) is 0 Å². The normalized spacial score (nSPS) is 10.9. The molecule has 0 fully saturated rings. The Labute approximate surface area is 90.6 Å². The van der Waals surface area contributed by atoms with Crippen molar-refractivity contribution in [3.8, 4) is 11.8 Å². The number of ether oxygens (including phenoxy) is 1. The van der Waals surface area contributed by atoms with Crippen LogP contribution in [-0.2, 0) is 0 Å². The molecular weight excluding hydrogens is 279 g/mol. The third-order valence-corrected chi connectivity index (χ3v) is 1.70. The number of alkyl halides is 3. The largest absolute Gasteiger partial charge is 0.573 e. The Kier molecular flexibility index (Phi) is 3.04. The summed E-state index contributed by atoms with van der Waals surface area (Å²) in [5.41, 5.74) is 4.42. The van der Waals surface area contributed by atoms with Crippen LogP contribution in [0, 0.1) is 11.3 Å². The number of pyridine rings is 1. The highest BCUT2D eigenvalue weighted by molar-refractivity contribution is 9.10. The smallest absolute Gasteiger partial charge is 0.400 e. The second kappa shape index (κ2) is 3.94. The van der Waals surface area contributed by atoms with Gasteiger partial charge in [-0.3, -0.25) is 0 Å². The molecular formula is C7H3BrF3N3O. The molecule has 0 radical (unpaired) electrons. The molecule has 0 saturated heterocycles. The van der Waals surface area contributed by atoms with Gasteiger partial charge in [-0.25, -0.2) is 4.98 Å². The second-order valence-corrected chi connectivity index (χ2v) is 3.18. The second-order valence-electron chi connectivity index (χ2n) is 2.37. The van der Waals surface area contributed by atoms with Gasteiger partial charge in [0.15, 0.2) is 11.4 Å². The molecule has 1 rings (SSSR count). The third-order valence-electron chi connectivity index (χ3n) is 1.29. The first kappa shape index (κ1) is 11.6. The van der Waals surface area contributed by atoms with Crippen molar-refractivity contribution in [1.82, 2.24) is 4.98 Å². The lowest BCUT2D eigenvalue weighted by atomic mass is 10.3. The van der Waals surface area contributed by atoms with Crippen LogP contribution >= 0.6 is 15.9 Å². The molecule has 0 aliphatic heterocycles. The highest BCUT2D eigenvalue weighted by Gasteiger charge is 2.33. The van der Waals surface area contributed by atoms with Crippen molar-refractivity contribution in [3.63, 3.8) is 0 Å². The Morgan fingerprint density at radius 3 is 2.60 bits per heavy atom. The lowest BCUT2D eigenvalue weighted by Crippen LogP contribution is -2.19. The van der Waals surface area contributed by atoms with E-state index in [0.29, 0.717) is 0 Å². The zero-order valence-electron chi connectivity index (χ0n) is 6.97. The van der Waals surface area contributed by atoms with E-state index in [-0.39, 0.29) is 10.3 Å². The first-order valence-corrected chi connectivity index (χ1v) is 4.24. The molecule has 1 aromatic rings. The summed E-state index contributed by atoms with van der Waals surface area (Å²) in [5.74, 6) is -0.784. The molecule has 1 aromatic heterocycles. The van der Waals surface area contributed by atoms with Crippen LogP contribution in [0.3, 0.4) is 0 Å². The summed E-state index contributed by atoms with van der Waals surface area (Å²) >= 11 is 2.89. The van der Waals surface area contributed by atoms with Crippen molar-refractivity contribution in [2.75, 3.05) is 5.73 Å². The lowest BCUT2D eigenvalue weighted by Gasteiger charge is -2.11. The van der Waals surface area contributed by atoms with E-state index < -0.39 is 17.8 Å². The van der Waals surface area contributed by atoms with Crippen molar-refractivity contribution in [2.24, 2.45) is 0 Å². The summed E-state index contributed by atoms with van der Waals surface area (Å²) < 4.78 is 39.5. The van der Waals surface area contributed by atoms with Crippen molar-refractivity contribution in [3.05, 3.63) is 16.4 Å². The van der Waals surface area contributed by atoms with Gasteiger partial charge in [-0.15, -0.1) is 13.2 Å². The van der Waals surface area contributed by atoms with Crippen LogP contribution in [-0.4, -0.2) is 11.3 Å². The molecule has 80 valence electrons. The molecule has 4 nitrogen and oxygen atoms in total. The summed E-state index contributed by atoms with van der Waals surface area (Å²) in [6, 6.07) is 2.57. The number of anilines is 1. The first-order chi connectivity index (χ1) is 6.83. The van der Waals surface area contributed by atoms with E-state index in [2.05, 4.69) is 25.7 Å². The molecule has 0 unspecified atom stereocenters. The summed E-state index contributed by atoms with van der Waals surface area (Å²) in [6.45, 7) is 0. The van der Waals surface area contributed by atoms with Crippen LogP contribution in [0.1, 0.15) is 5.69 Å². The van der Waals surface area contributed by atoms with Gasteiger partial charge < -0.3 is 10.5 Å². The molecule has 0 aliphatic rings. The number of nitrogen functional groups attached to an aromatic ring is 1. The summed E-state index contributed by atoms with van der Waals surface area (Å²) in [6.07, 6.45) is -4.91. The standard InChI is InChI=1S/C7H3BrF3N3O/c8-5-1-3(13)6(4(2-12)14-5)15-7(9,10)11/h1H,(H2,13,14). The fraction of sp³-hybridized carbons (Fsp3) is 0.143. The molecule has 0 atom stereocenters. The van der Waals surface area contributed by atoms with E-state index in [1.165, 1.54) is 6.07 Å². The maximum atomic E-state index is 11.9. The maximum Gasteiger partial charge on any atom is 0.573 e. The van der Waals surface area contributed by atoms with Gasteiger partial charge in [0.1, 0.15) is 10.7 Å². The summed E-state index contributed by atoms with van der Waals surface area (Å²) in [5, 5.41) is 8.53.